The van der Waals surface area contributed by atoms with Crippen molar-refractivity contribution in [2.45, 2.75) is 19.5 Å². The van der Waals surface area contributed by atoms with Crippen LogP contribution >= 0.6 is 11.6 Å². The maximum absolute atomic E-state index is 15.4. The van der Waals surface area contributed by atoms with Gasteiger partial charge in [-0.3, -0.25) is 18.5 Å². The number of nitrogens with zero attached hydrogens (tertiary/aromatic N) is 6. The van der Waals surface area contributed by atoms with Gasteiger partial charge < -0.3 is 5.32 Å². The van der Waals surface area contributed by atoms with Gasteiger partial charge >= 0.3 is 5.69 Å². The first-order valence-corrected chi connectivity index (χ1v) is 11.4. The quantitative estimate of drug-likeness (QED) is 0.411. The number of imidazole rings is 1. The zero-order chi connectivity index (χ0) is 24.4. The topological polar surface area (TPSA) is 74.6 Å². The van der Waals surface area contributed by atoms with Crippen LogP contribution in [0, 0.1) is 11.6 Å². The minimum absolute atomic E-state index is 0.0395. The van der Waals surface area contributed by atoms with Crippen LogP contribution < -0.4 is 11.0 Å². The Morgan fingerprint density at radius 1 is 1.14 bits per heavy atom. The molecular weight excluding hydrogens is 476 g/mol. The summed E-state index contributed by atoms with van der Waals surface area (Å²) in [6, 6.07) is 7.52. The van der Waals surface area contributed by atoms with Gasteiger partial charge in [-0.2, -0.15) is 10.2 Å². The molecule has 0 amide bonds. The van der Waals surface area contributed by atoms with Crippen molar-refractivity contribution in [2.24, 2.45) is 7.05 Å². The van der Waals surface area contributed by atoms with Gasteiger partial charge in [-0.25, -0.2) is 13.6 Å². The van der Waals surface area contributed by atoms with Gasteiger partial charge in [0.15, 0.2) is 5.82 Å². The number of hydrogen-bond donors (Lipinski definition) is 1. The first-order chi connectivity index (χ1) is 16.8. The fourth-order valence-corrected chi connectivity index (χ4v) is 4.90. The third kappa shape index (κ3) is 3.24. The van der Waals surface area contributed by atoms with Crippen molar-refractivity contribution < 1.29 is 8.78 Å². The molecule has 6 rings (SSSR count). The van der Waals surface area contributed by atoms with E-state index in [9.17, 15) is 9.18 Å². The molecule has 11 heteroatoms. The van der Waals surface area contributed by atoms with Crippen LogP contribution in [0.5, 0.6) is 0 Å². The second-order valence-corrected chi connectivity index (χ2v) is 8.94. The van der Waals surface area contributed by atoms with Crippen LogP contribution in [0.3, 0.4) is 0 Å². The number of hydrogen-bond acceptors (Lipinski definition) is 4. The molecule has 0 unspecified atom stereocenters. The lowest BCUT2D eigenvalue weighted by molar-refractivity contribution is 0.419. The van der Waals surface area contributed by atoms with Gasteiger partial charge in [0.2, 0.25) is 0 Å². The Labute approximate surface area is 203 Å². The van der Waals surface area contributed by atoms with Crippen molar-refractivity contribution in [3.8, 4) is 22.6 Å². The van der Waals surface area contributed by atoms with E-state index in [1.165, 1.54) is 33.7 Å². The molecule has 1 N–H and O–H groups in total. The summed E-state index contributed by atoms with van der Waals surface area (Å²) in [5.41, 5.74) is 2.68. The van der Waals surface area contributed by atoms with Crippen LogP contribution in [0.4, 0.5) is 8.78 Å². The maximum atomic E-state index is 15.4. The predicted octanol–water partition coefficient (Wildman–Crippen LogP) is 3.97. The lowest BCUT2D eigenvalue weighted by atomic mass is 10.1. The highest BCUT2D eigenvalue weighted by atomic mass is 35.5. The Bertz CT molecular complexity index is 1680. The largest absolute Gasteiger partial charge is 0.337 e. The number of aryl methyl sites for hydroxylation is 1. The van der Waals surface area contributed by atoms with E-state index in [0.717, 1.165) is 5.69 Å². The van der Waals surface area contributed by atoms with E-state index >= 15 is 4.39 Å². The fraction of sp³-hybridized carbons (Fsp3) is 0.208. The van der Waals surface area contributed by atoms with Crippen LogP contribution in [0.1, 0.15) is 18.7 Å². The summed E-state index contributed by atoms with van der Waals surface area (Å²) >= 11 is 6.06. The van der Waals surface area contributed by atoms with Crippen LogP contribution in [-0.2, 0) is 13.6 Å². The molecule has 0 radical (unpaired) electrons. The monoisotopic (exact) mass is 495 g/mol. The van der Waals surface area contributed by atoms with Gasteiger partial charge in [-0.1, -0.05) is 11.6 Å². The zero-order valence-electron chi connectivity index (χ0n) is 18.8. The van der Waals surface area contributed by atoms with Crippen LogP contribution in [0.25, 0.3) is 33.5 Å². The first-order valence-electron chi connectivity index (χ1n) is 11.1. The van der Waals surface area contributed by atoms with E-state index in [4.69, 9.17) is 16.7 Å². The molecule has 35 heavy (non-hydrogen) atoms. The van der Waals surface area contributed by atoms with Crippen LogP contribution in [-0.4, -0.2) is 35.2 Å². The summed E-state index contributed by atoms with van der Waals surface area (Å²) in [6.45, 7) is 3.30. The van der Waals surface area contributed by atoms with E-state index in [0.29, 0.717) is 40.9 Å². The number of rotatable bonds is 3. The minimum atomic E-state index is -0.541. The molecule has 3 aromatic heterocycles. The SMILES string of the molecule is C[C@H]1NCCn2nc(-c3ccc(F)c(Cl)c3)c(-n3ccn(-c4ccc5c(cnn5C)c4F)c3=O)c21. The number of nitrogens with one attached hydrogen (secondary N) is 1. The highest BCUT2D eigenvalue weighted by Crippen LogP contribution is 2.35. The molecule has 0 saturated carbocycles. The summed E-state index contributed by atoms with van der Waals surface area (Å²) < 4.78 is 35.3. The molecule has 0 fully saturated rings. The number of halogens is 3. The average molecular weight is 496 g/mol. The average Bonchev–Trinajstić information content (AvgIpc) is 3.52. The van der Waals surface area contributed by atoms with Gasteiger partial charge in [0.1, 0.15) is 17.2 Å². The van der Waals surface area contributed by atoms with Crippen molar-refractivity contribution in [2.75, 3.05) is 6.54 Å². The predicted molar refractivity (Wildman–Crippen MR) is 128 cm³/mol. The van der Waals surface area contributed by atoms with Crippen molar-refractivity contribution in [3.05, 3.63) is 81.8 Å². The smallest absolute Gasteiger partial charge is 0.307 e. The third-order valence-corrected chi connectivity index (χ3v) is 6.76. The normalized spacial score (nSPS) is 15.6. The Kier molecular flexibility index (Phi) is 4.90. The standard InChI is InChI=1S/C24H20ClF2N7O/c1-13-22-23(21(30-34(22)8-7-28-13)14-3-4-17(26)16(25)11-14)33-10-9-32(24(33)35)19-6-5-18-15(20(19)27)12-29-31(18)2/h3-6,9-13,28H,7-8H2,1-2H3/t13-/m1/s1. The van der Waals surface area contributed by atoms with Crippen molar-refractivity contribution >= 4 is 22.5 Å². The fourth-order valence-electron chi connectivity index (χ4n) is 4.72. The second-order valence-electron chi connectivity index (χ2n) is 8.53. The molecule has 0 aliphatic carbocycles. The van der Waals surface area contributed by atoms with E-state index in [-0.39, 0.29) is 16.8 Å². The molecule has 0 bridgehead atoms. The van der Waals surface area contributed by atoms with E-state index in [1.54, 1.807) is 36.1 Å². The molecule has 4 heterocycles. The Morgan fingerprint density at radius 3 is 2.74 bits per heavy atom. The zero-order valence-corrected chi connectivity index (χ0v) is 19.6. The molecule has 8 nitrogen and oxygen atoms in total. The summed E-state index contributed by atoms with van der Waals surface area (Å²) in [4.78, 5) is 13.7. The van der Waals surface area contributed by atoms with Gasteiger partial charge in [-0.05, 0) is 37.3 Å². The molecular formula is C24H20ClF2N7O. The van der Waals surface area contributed by atoms with Crippen molar-refractivity contribution in [1.29, 1.82) is 0 Å². The Hall–Kier alpha value is -3.76. The molecule has 1 aliphatic heterocycles. The van der Waals surface area contributed by atoms with E-state index in [1.807, 2.05) is 11.6 Å². The lowest BCUT2D eigenvalue weighted by Gasteiger charge is -2.23. The number of fused-ring (bicyclic) bond motifs is 2. The minimum Gasteiger partial charge on any atom is -0.307 e. The molecule has 0 saturated heterocycles. The van der Waals surface area contributed by atoms with Crippen molar-refractivity contribution in [3.63, 3.8) is 0 Å². The molecule has 178 valence electrons. The third-order valence-electron chi connectivity index (χ3n) is 6.47. The van der Waals surface area contributed by atoms with Gasteiger partial charge in [0.25, 0.3) is 0 Å². The molecule has 1 aliphatic rings. The number of aromatic nitrogens is 6. The highest BCUT2D eigenvalue weighted by molar-refractivity contribution is 6.31. The molecule has 0 spiro atoms. The van der Waals surface area contributed by atoms with Gasteiger partial charge in [-0.15, -0.1) is 0 Å². The number of benzene rings is 2. The lowest BCUT2D eigenvalue weighted by Crippen LogP contribution is -2.33. The maximum Gasteiger partial charge on any atom is 0.337 e. The first kappa shape index (κ1) is 21.8. The molecule has 5 aromatic rings. The van der Waals surface area contributed by atoms with E-state index in [2.05, 4.69) is 10.4 Å². The van der Waals surface area contributed by atoms with Crippen molar-refractivity contribution in [1.82, 2.24) is 34.0 Å². The van der Waals surface area contributed by atoms with Gasteiger partial charge in [0, 0.05) is 37.6 Å². The Balaban J connectivity index is 1.58. The molecule has 1 atom stereocenters. The van der Waals surface area contributed by atoms with Gasteiger partial charge in [0.05, 0.1) is 40.0 Å². The van der Waals surface area contributed by atoms with Crippen LogP contribution in [0.2, 0.25) is 5.02 Å². The summed E-state index contributed by atoms with van der Waals surface area (Å²) in [5.74, 6) is -1.08. The van der Waals surface area contributed by atoms with Crippen LogP contribution in [0.15, 0.2) is 53.7 Å². The highest BCUT2D eigenvalue weighted by Gasteiger charge is 2.29. The van der Waals surface area contributed by atoms with E-state index < -0.39 is 17.3 Å². The summed E-state index contributed by atoms with van der Waals surface area (Å²) in [6.07, 6.45) is 4.55. The summed E-state index contributed by atoms with van der Waals surface area (Å²) in [5, 5.41) is 12.5. The molecule has 2 aromatic carbocycles. The second kappa shape index (κ2) is 7.89. The summed E-state index contributed by atoms with van der Waals surface area (Å²) in [7, 11) is 1.73. The Morgan fingerprint density at radius 2 is 1.94 bits per heavy atom.